The lowest BCUT2D eigenvalue weighted by Gasteiger charge is -2.20. The average molecular weight is 319 g/mol. The second-order valence-electron chi connectivity index (χ2n) is 4.87. The molecular formula is C13H25N3O4S. The molecule has 0 rings (SSSR count). The fraction of sp³-hybridized carbons (Fsp3) is 0.769. The largest absolute Gasteiger partial charge is 0.480 e. The summed E-state index contributed by atoms with van der Waals surface area (Å²) in [5.74, 6) is -1.45. The van der Waals surface area contributed by atoms with Gasteiger partial charge in [0.2, 0.25) is 11.8 Å². The Kier molecular flexibility index (Phi) is 9.81. The molecule has 0 heterocycles. The first-order valence-corrected chi connectivity index (χ1v) is 8.27. The number of rotatable bonds is 10. The van der Waals surface area contributed by atoms with Gasteiger partial charge in [-0.25, -0.2) is 4.79 Å². The number of hydrogen-bond donors (Lipinski definition) is 4. The van der Waals surface area contributed by atoms with Gasteiger partial charge in [0.1, 0.15) is 6.04 Å². The molecule has 0 aromatic heterocycles. The van der Waals surface area contributed by atoms with Crippen molar-refractivity contribution in [3.63, 3.8) is 0 Å². The van der Waals surface area contributed by atoms with E-state index in [1.54, 1.807) is 18.7 Å². The molecule has 2 amide bonds. The van der Waals surface area contributed by atoms with Crippen molar-refractivity contribution in [1.29, 1.82) is 0 Å². The highest BCUT2D eigenvalue weighted by Crippen LogP contribution is 2.07. The third-order valence-corrected chi connectivity index (χ3v) is 3.83. The van der Waals surface area contributed by atoms with Gasteiger partial charge < -0.3 is 21.5 Å². The van der Waals surface area contributed by atoms with Gasteiger partial charge in [0.25, 0.3) is 0 Å². The number of aliphatic carboxylic acids is 1. The van der Waals surface area contributed by atoms with E-state index in [2.05, 4.69) is 10.6 Å². The van der Waals surface area contributed by atoms with Gasteiger partial charge in [-0.15, -0.1) is 0 Å². The molecule has 7 nitrogen and oxygen atoms in total. The van der Waals surface area contributed by atoms with Crippen molar-refractivity contribution >= 4 is 29.5 Å². The summed E-state index contributed by atoms with van der Waals surface area (Å²) < 4.78 is 0. The van der Waals surface area contributed by atoms with E-state index in [1.165, 1.54) is 0 Å². The third-order valence-electron chi connectivity index (χ3n) is 3.19. The monoisotopic (exact) mass is 319 g/mol. The lowest BCUT2D eigenvalue weighted by atomic mass is 9.99. The van der Waals surface area contributed by atoms with Crippen LogP contribution in [0.15, 0.2) is 0 Å². The summed E-state index contributed by atoms with van der Waals surface area (Å²) in [5, 5.41) is 13.9. The number of carbonyl (C=O) groups is 3. The van der Waals surface area contributed by atoms with Gasteiger partial charge in [-0.2, -0.15) is 11.8 Å². The van der Waals surface area contributed by atoms with E-state index in [0.717, 1.165) is 5.75 Å². The van der Waals surface area contributed by atoms with Crippen LogP contribution in [0, 0.1) is 5.92 Å². The summed E-state index contributed by atoms with van der Waals surface area (Å²) in [5.41, 5.74) is 5.66. The number of carbonyl (C=O) groups excluding carboxylic acids is 2. The molecule has 0 aliphatic heterocycles. The first kappa shape index (κ1) is 19.7. The molecule has 0 spiro atoms. The van der Waals surface area contributed by atoms with Crippen molar-refractivity contribution in [3.05, 3.63) is 0 Å². The maximum atomic E-state index is 11.7. The lowest BCUT2D eigenvalue weighted by Crippen LogP contribution is -2.50. The van der Waals surface area contributed by atoms with Gasteiger partial charge >= 0.3 is 5.97 Å². The Balaban J connectivity index is 4.24. The molecule has 0 unspecified atom stereocenters. The molecule has 0 aliphatic carbocycles. The predicted molar refractivity (Wildman–Crippen MR) is 83.0 cm³/mol. The van der Waals surface area contributed by atoms with Crippen molar-refractivity contribution in [2.24, 2.45) is 11.7 Å². The Labute approximate surface area is 129 Å². The van der Waals surface area contributed by atoms with Crippen molar-refractivity contribution in [2.75, 3.05) is 18.6 Å². The van der Waals surface area contributed by atoms with Crippen molar-refractivity contribution in [3.8, 4) is 0 Å². The van der Waals surface area contributed by atoms with Gasteiger partial charge in [0.05, 0.1) is 12.6 Å². The molecular weight excluding hydrogens is 294 g/mol. The van der Waals surface area contributed by atoms with Crippen LogP contribution in [-0.2, 0) is 14.4 Å². The quantitative estimate of drug-likeness (QED) is 0.442. The molecule has 3 atom stereocenters. The van der Waals surface area contributed by atoms with Crippen LogP contribution in [0.25, 0.3) is 0 Å². The van der Waals surface area contributed by atoms with Crippen LogP contribution in [0.1, 0.15) is 26.7 Å². The Hall–Kier alpha value is -1.28. The second kappa shape index (κ2) is 10.4. The first-order chi connectivity index (χ1) is 9.83. The molecule has 0 fully saturated rings. The molecule has 0 aromatic carbocycles. The molecule has 0 aliphatic rings. The molecule has 122 valence electrons. The summed E-state index contributed by atoms with van der Waals surface area (Å²) in [7, 11) is 0. The van der Waals surface area contributed by atoms with Crippen molar-refractivity contribution in [2.45, 2.75) is 38.8 Å². The summed E-state index contributed by atoms with van der Waals surface area (Å²) in [6.45, 7) is 3.32. The van der Waals surface area contributed by atoms with Crippen LogP contribution < -0.4 is 16.4 Å². The highest BCUT2D eigenvalue weighted by molar-refractivity contribution is 7.98. The number of nitrogens with two attached hydrogens (primary N) is 1. The van der Waals surface area contributed by atoms with Crippen LogP contribution >= 0.6 is 11.8 Å². The Bertz CT molecular complexity index is 365. The zero-order valence-corrected chi connectivity index (χ0v) is 13.5. The van der Waals surface area contributed by atoms with Crippen LogP contribution in [0.2, 0.25) is 0 Å². The van der Waals surface area contributed by atoms with Crippen LogP contribution in [0.5, 0.6) is 0 Å². The summed E-state index contributed by atoms with van der Waals surface area (Å²) >= 11 is 1.58. The minimum Gasteiger partial charge on any atom is -0.480 e. The van der Waals surface area contributed by atoms with E-state index >= 15 is 0 Å². The normalized spacial score (nSPS) is 14.9. The summed E-state index contributed by atoms with van der Waals surface area (Å²) in [6.07, 6.45) is 3.07. The van der Waals surface area contributed by atoms with Crippen molar-refractivity contribution in [1.82, 2.24) is 10.6 Å². The SMILES string of the molecule is CC[C@H](C)[C@H](NC(=O)CNC(=O)[C@@H](N)CCSC)C(=O)O. The van der Waals surface area contributed by atoms with Gasteiger partial charge in [-0.05, 0) is 24.3 Å². The number of thioether (sulfide) groups is 1. The van der Waals surface area contributed by atoms with Crippen LogP contribution in [0.3, 0.4) is 0 Å². The third kappa shape index (κ3) is 7.91. The highest BCUT2D eigenvalue weighted by atomic mass is 32.2. The van der Waals surface area contributed by atoms with E-state index in [9.17, 15) is 14.4 Å². The molecule has 5 N–H and O–H groups in total. The molecule has 8 heteroatoms. The maximum absolute atomic E-state index is 11.7. The second-order valence-corrected chi connectivity index (χ2v) is 5.86. The number of nitrogens with one attached hydrogen (secondary N) is 2. The minimum absolute atomic E-state index is 0.189. The molecule has 0 bridgehead atoms. The Morgan fingerprint density at radius 3 is 2.43 bits per heavy atom. The fourth-order valence-electron chi connectivity index (χ4n) is 1.58. The zero-order valence-electron chi connectivity index (χ0n) is 12.7. The Morgan fingerprint density at radius 1 is 1.33 bits per heavy atom. The predicted octanol–water partition coefficient (Wildman–Crippen LogP) is -0.201. The number of carboxylic acids is 1. The first-order valence-electron chi connectivity index (χ1n) is 6.87. The van der Waals surface area contributed by atoms with E-state index in [4.69, 9.17) is 10.8 Å². The fourth-order valence-corrected chi connectivity index (χ4v) is 2.07. The van der Waals surface area contributed by atoms with E-state index in [0.29, 0.717) is 12.8 Å². The number of hydrogen-bond acceptors (Lipinski definition) is 5. The number of carboxylic acid groups (broad SMARTS) is 1. The lowest BCUT2D eigenvalue weighted by molar-refractivity contribution is -0.143. The molecule has 0 radical (unpaired) electrons. The van der Waals surface area contributed by atoms with Crippen LogP contribution in [0.4, 0.5) is 0 Å². The maximum Gasteiger partial charge on any atom is 0.326 e. The van der Waals surface area contributed by atoms with E-state index in [-0.39, 0.29) is 12.5 Å². The minimum atomic E-state index is -1.08. The van der Waals surface area contributed by atoms with Gasteiger partial charge in [-0.3, -0.25) is 9.59 Å². The van der Waals surface area contributed by atoms with Crippen molar-refractivity contribution < 1.29 is 19.5 Å². The topological polar surface area (TPSA) is 122 Å². The summed E-state index contributed by atoms with van der Waals surface area (Å²) in [6, 6.07) is -1.61. The average Bonchev–Trinajstić information content (AvgIpc) is 2.46. The Morgan fingerprint density at radius 2 is 1.95 bits per heavy atom. The molecule has 0 aromatic rings. The number of amides is 2. The standard InChI is InChI=1S/C13H25N3O4S/c1-4-8(2)11(13(19)20)16-10(17)7-15-12(18)9(14)5-6-21-3/h8-9,11H,4-7,14H2,1-3H3,(H,15,18)(H,16,17)(H,19,20)/t8-,9-,11-/m0/s1. The molecule has 0 saturated heterocycles. The summed E-state index contributed by atoms with van der Waals surface area (Å²) in [4.78, 5) is 34.4. The van der Waals surface area contributed by atoms with Crippen LogP contribution in [-0.4, -0.2) is 53.5 Å². The molecule has 21 heavy (non-hydrogen) atoms. The van der Waals surface area contributed by atoms with E-state index in [1.807, 2.05) is 13.2 Å². The van der Waals surface area contributed by atoms with Gasteiger partial charge in [-0.1, -0.05) is 20.3 Å². The smallest absolute Gasteiger partial charge is 0.326 e. The highest BCUT2D eigenvalue weighted by Gasteiger charge is 2.25. The zero-order chi connectivity index (χ0) is 16.4. The van der Waals surface area contributed by atoms with Gasteiger partial charge in [0, 0.05) is 0 Å². The van der Waals surface area contributed by atoms with E-state index < -0.39 is 29.9 Å². The van der Waals surface area contributed by atoms with Gasteiger partial charge in [0.15, 0.2) is 0 Å². The molecule has 0 saturated carbocycles.